The van der Waals surface area contributed by atoms with Gasteiger partial charge < -0.3 is 4.42 Å². The predicted octanol–water partition coefficient (Wildman–Crippen LogP) is 6.07. The van der Waals surface area contributed by atoms with Gasteiger partial charge in [-0.25, -0.2) is 18.3 Å². The maximum atomic E-state index is 13.9. The highest BCUT2D eigenvalue weighted by molar-refractivity contribution is 7.89. The highest BCUT2D eigenvalue weighted by Crippen LogP contribution is 2.38. The highest BCUT2D eigenvalue weighted by Gasteiger charge is 2.50. The Morgan fingerprint density at radius 3 is 2.38 bits per heavy atom. The van der Waals surface area contributed by atoms with Crippen LogP contribution in [0.4, 0.5) is 5.69 Å². The zero-order valence-electron chi connectivity index (χ0n) is 20.6. The van der Waals surface area contributed by atoms with Gasteiger partial charge in [-0.15, -0.1) is 0 Å². The van der Waals surface area contributed by atoms with Crippen molar-refractivity contribution in [2.24, 2.45) is 0 Å². The van der Waals surface area contributed by atoms with Gasteiger partial charge >= 0.3 is 0 Å². The third-order valence-electron chi connectivity index (χ3n) is 7.23. The summed E-state index contributed by atoms with van der Waals surface area (Å²) in [5.41, 5.74) is 2.39. The van der Waals surface area contributed by atoms with Crippen molar-refractivity contribution >= 4 is 61.8 Å². The smallest absolute Gasteiger partial charge is 0.252 e. The molecule has 1 unspecified atom stereocenters. The number of oxazole rings is 1. The Hall–Kier alpha value is -3.24. The molecule has 2 amide bonds. The molecule has 1 aliphatic heterocycles. The van der Waals surface area contributed by atoms with Crippen LogP contribution in [0.1, 0.15) is 32.1 Å². The molecule has 1 atom stereocenters. The van der Waals surface area contributed by atoms with Crippen LogP contribution in [0.25, 0.3) is 22.6 Å². The first-order chi connectivity index (χ1) is 18.7. The highest BCUT2D eigenvalue weighted by atomic mass is 35.5. The summed E-state index contributed by atoms with van der Waals surface area (Å²) in [5, 5.41) is 0.213. The molecule has 2 fully saturated rings. The van der Waals surface area contributed by atoms with Gasteiger partial charge in [-0.2, -0.15) is 4.31 Å². The van der Waals surface area contributed by atoms with Crippen molar-refractivity contribution in [1.29, 1.82) is 0 Å². The number of rotatable bonds is 6. The van der Waals surface area contributed by atoms with Crippen molar-refractivity contribution in [3.8, 4) is 11.5 Å². The third kappa shape index (κ3) is 4.63. The first kappa shape index (κ1) is 26.0. The number of aromatic nitrogens is 1. The van der Waals surface area contributed by atoms with Crippen molar-refractivity contribution in [2.75, 3.05) is 4.90 Å². The van der Waals surface area contributed by atoms with Crippen molar-refractivity contribution in [3.63, 3.8) is 0 Å². The fraction of sp³-hybridized carbons (Fsp3) is 0.250. The quantitative estimate of drug-likeness (QED) is 0.255. The molecule has 8 nitrogen and oxygen atoms in total. The number of benzene rings is 3. The molecule has 39 heavy (non-hydrogen) atoms. The largest absolute Gasteiger partial charge is 0.436 e. The second kappa shape index (κ2) is 10.1. The van der Waals surface area contributed by atoms with E-state index in [0.29, 0.717) is 35.6 Å². The second-order valence-corrected chi connectivity index (χ2v) is 12.3. The SMILES string of the molecule is O=C1CC(N(C2CCCC2)S(=O)(=O)c2cc(Cl)ccc2Cl)C(=O)N1c1ccc(-c2nc3ccccc3o2)cc1. The molecule has 200 valence electrons. The summed E-state index contributed by atoms with van der Waals surface area (Å²) >= 11 is 12.4. The Morgan fingerprint density at radius 2 is 1.67 bits per heavy atom. The van der Waals surface area contributed by atoms with E-state index in [2.05, 4.69) is 4.98 Å². The van der Waals surface area contributed by atoms with Crippen molar-refractivity contribution in [2.45, 2.75) is 49.1 Å². The maximum Gasteiger partial charge on any atom is 0.252 e. The second-order valence-electron chi connectivity index (χ2n) is 9.67. The molecule has 0 radical (unpaired) electrons. The summed E-state index contributed by atoms with van der Waals surface area (Å²) in [5.74, 6) is -0.658. The average Bonchev–Trinajstić information content (AvgIpc) is 3.66. The minimum Gasteiger partial charge on any atom is -0.436 e. The monoisotopic (exact) mass is 583 g/mol. The lowest BCUT2D eigenvalue weighted by atomic mass is 10.1. The van der Waals surface area contributed by atoms with Crippen LogP contribution in [-0.2, 0) is 19.6 Å². The molecule has 6 rings (SSSR count). The van der Waals surface area contributed by atoms with E-state index in [-0.39, 0.29) is 21.4 Å². The van der Waals surface area contributed by atoms with Crippen molar-refractivity contribution in [3.05, 3.63) is 76.8 Å². The minimum absolute atomic E-state index is 0.00538. The van der Waals surface area contributed by atoms with E-state index in [1.807, 2.05) is 24.3 Å². The van der Waals surface area contributed by atoms with Crippen molar-refractivity contribution in [1.82, 2.24) is 9.29 Å². The molecule has 1 saturated heterocycles. The lowest BCUT2D eigenvalue weighted by molar-refractivity contribution is -0.122. The number of carbonyl (C=O) groups excluding carboxylic acids is 2. The Bertz CT molecular complexity index is 1660. The van der Waals surface area contributed by atoms with Gasteiger partial charge in [-0.05, 0) is 67.4 Å². The maximum absolute atomic E-state index is 13.9. The summed E-state index contributed by atoms with van der Waals surface area (Å²) in [6.07, 6.45) is 2.58. The van der Waals surface area contributed by atoms with Gasteiger partial charge in [0.25, 0.3) is 5.91 Å². The van der Waals surface area contributed by atoms with Gasteiger partial charge in [-0.1, -0.05) is 48.2 Å². The molecule has 0 spiro atoms. The predicted molar refractivity (Wildman–Crippen MR) is 148 cm³/mol. The first-order valence-corrected chi connectivity index (χ1v) is 14.7. The number of amides is 2. The van der Waals surface area contributed by atoms with Crippen LogP contribution >= 0.6 is 23.2 Å². The van der Waals surface area contributed by atoms with E-state index in [4.69, 9.17) is 27.6 Å². The molecule has 2 aliphatic rings. The number of carbonyl (C=O) groups is 2. The van der Waals surface area contributed by atoms with Gasteiger partial charge in [0.15, 0.2) is 5.58 Å². The van der Waals surface area contributed by atoms with Gasteiger partial charge in [0.1, 0.15) is 16.5 Å². The Balaban J connectivity index is 1.33. The molecule has 11 heteroatoms. The van der Waals surface area contributed by atoms with Crippen LogP contribution < -0.4 is 4.90 Å². The van der Waals surface area contributed by atoms with Crippen LogP contribution in [0, 0.1) is 0 Å². The first-order valence-electron chi connectivity index (χ1n) is 12.6. The zero-order chi connectivity index (χ0) is 27.3. The molecular weight excluding hydrogens is 561 g/mol. The molecule has 1 aliphatic carbocycles. The molecule has 0 N–H and O–H groups in total. The van der Waals surface area contributed by atoms with Gasteiger partial charge in [0.2, 0.25) is 21.8 Å². The van der Waals surface area contributed by atoms with Crippen molar-refractivity contribution < 1.29 is 22.4 Å². The number of nitrogens with zero attached hydrogens (tertiary/aromatic N) is 3. The van der Waals surface area contributed by atoms with Crippen LogP contribution in [0.15, 0.2) is 76.0 Å². The number of halogens is 2. The number of para-hydroxylation sites is 2. The van der Waals surface area contributed by atoms with E-state index < -0.39 is 33.9 Å². The van der Waals surface area contributed by atoms with E-state index in [1.54, 1.807) is 24.3 Å². The standard InChI is InChI=1S/C28H23Cl2N3O5S/c29-18-11-14-21(30)25(15-18)39(36,37)33(20-5-1-2-6-20)23-16-26(34)32(28(23)35)19-12-9-17(10-13-19)27-31-22-7-3-4-8-24(22)38-27/h3-4,7-15,20,23H,1-2,5-6,16H2. The molecule has 2 heterocycles. The number of imide groups is 1. The Labute approximate surface area is 235 Å². The number of hydrogen-bond acceptors (Lipinski definition) is 6. The molecular formula is C28H23Cl2N3O5S. The topological polar surface area (TPSA) is 101 Å². The van der Waals surface area contributed by atoms with Gasteiger partial charge in [-0.3, -0.25) is 9.59 Å². The molecule has 1 saturated carbocycles. The Morgan fingerprint density at radius 1 is 0.949 bits per heavy atom. The fourth-order valence-corrected chi connectivity index (χ4v) is 7.97. The van der Waals surface area contributed by atoms with E-state index in [0.717, 1.165) is 23.3 Å². The normalized spacial score (nSPS) is 18.6. The lowest BCUT2D eigenvalue weighted by Crippen LogP contribution is -2.49. The van der Waals surface area contributed by atoms with Crippen LogP contribution in [-0.4, -0.2) is 41.6 Å². The minimum atomic E-state index is -4.24. The third-order valence-corrected chi connectivity index (χ3v) is 9.91. The summed E-state index contributed by atoms with van der Waals surface area (Å²) in [7, 11) is -4.24. The molecule has 4 aromatic rings. The summed E-state index contributed by atoms with van der Waals surface area (Å²) < 4.78 is 34.9. The van der Waals surface area contributed by atoms with Gasteiger partial charge in [0.05, 0.1) is 17.1 Å². The zero-order valence-corrected chi connectivity index (χ0v) is 22.9. The molecule has 0 bridgehead atoms. The summed E-state index contributed by atoms with van der Waals surface area (Å²) in [6.45, 7) is 0. The average molecular weight is 584 g/mol. The molecule has 1 aromatic heterocycles. The van der Waals surface area contributed by atoms with E-state index in [9.17, 15) is 18.0 Å². The van der Waals surface area contributed by atoms with Crippen LogP contribution in [0.3, 0.4) is 0 Å². The van der Waals surface area contributed by atoms with Crippen LogP contribution in [0.2, 0.25) is 10.0 Å². The summed E-state index contributed by atoms with van der Waals surface area (Å²) in [4.78, 5) is 32.3. The van der Waals surface area contributed by atoms with E-state index >= 15 is 0 Å². The number of sulfonamides is 1. The lowest BCUT2D eigenvalue weighted by Gasteiger charge is -2.32. The van der Waals surface area contributed by atoms with Gasteiger partial charge in [0, 0.05) is 16.6 Å². The Kier molecular flexibility index (Phi) is 6.71. The number of fused-ring (bicyclic) bond motifs is 1. The van der Waals surface area contributed by atoms with Crippen LogP contribution in [0.5, 0.6) is 0 Å². The van der Waals surface area contributed by atoms with E-state index in [1.165, 1.54) is 22.5 Å². The number of hydrogen-bond donors (Lipinski definition) is 0. The number of anilines is 1. The summed E-state index contributed by atoms with van der Waals surface area (Å²) in [6, 6.07) is 16.7. The molecule has 3 aromatic carbocycles. The fourth-order valence-electron chi connectivity index (χ4n) is 5.40.